The van der Waals surface area contributed by atoms with Gasteiger partial charge in [-0.3, -0.25) is 10.1 Å². The van der Waals surface area contributed by atoms with Crippen molar-refractivity contribution < 1.29 is 4.92 Å². The quantitative estimate of drug-likeness (QED) is 0.329. The first kappa shape index (κ1) is 20.9. The SMILES string of the molecule is N#Cc1cnc(NCC=Nc2ccc([N+](=O)[O-])c(N)n2)nc1-c1ccc(Cl)cc1Cl. The fraction of sp³-hybridized carbons (Fsp3) is 0.0556. The van der Waals surface area contributed by atoms with Gasteiger partial charge in [-0.05, 0) is 24.3 Å². The first-order chi connectivity index (χ1) is 14.4. The number of nitro groups is 1. The highest BCUT2D eigenvalue weighted by Gasteiger charge is 2.14. The van der Waals surface area contributed by atoms with Crippen molar-refractivity contribution in [3.05, 3.63) is 62.3 Å². The maximum absolute atomic E-state index is 10.8. The van der Waals surface area contributed by atoms with Crippen LogP contribution in [0.25, 0.3) is 11.3 Å². The molecule has 0 bridgehead atoms. The summed E-state index contributed by atoms with van der Waals surface area (Å²) in [4.78, 5) is 26.5. The molecular weight excluding hydrogens is 431 g/mol. The number of nitriles is 1. The molecule has 0 aliphatic rings. The molecule has 0 aliphatic heterocycles. The number of anilines is 2. The minimum Gasteiger partial charge on any atom is -0.378 e. The zero-order chi connectivity index (χ0) is 21.7. The van der Waals surface area contributed by atoms with E-state index in [1.54, 1.807) is 18.2 Å². The van der Waals surface area contributed by atoms with Crippen LogP contribution < -0.4 is 11.1 Å². The van der Waals surface area contributed by atoms with Crippen LogP contribution in [0.4, 0.5) is 23.3 Å². The van der Waals surface area contributed by atoms with Gasteiger partial charge in [-0.2, -0.15) is 5.26 Å². The van der Waals surface area contributed by atoms with E-state index >= 15 is 0 Å². The third kappa shape index (κ3) is 4.78. The van der Waals surface area contributed by atoms with Gasteiger partial charge in [0.1, 0.15) is 6.07 Å². The van der Waals surface area contributed by atoms with Gasteiger partial charge >= 0.3 is 5.69 Å². The van der Waals surface area contributed by atoms with E-state index in [0.717, 1.165) is 0 Å². The summed E-state index contributed by atoms with van der Waals surface area (Å²) in [6.07, 6.45) is 2.86. The summed E-state index contributed by atoms with van der Waals surface area (Å²) in [7, 11) is 0. The van der Waals surface area contributed by atoms with Crippen LogP contribution in [-0.4, -0.2) is 32.6 Å². The zero-order valence-electron chi connectivity index (χ0n) is 15.1. The van der Waals surface area contributed by atoms with Gasteiger partial charge in [0.15, 0.2) is 5.82 Å². The molecule has 12 heteroatoms. The number of rotatable bonds is 6. The number of benzene rings is 1. The number of hydrogen-bond acceptors (Lipinski definition) is 9. The molecule has 3 N–H and O–H groups in total. The lowest BCUT2D eigenvalue weighted by atomic mass is 10.1. The molecule has 2 aromatic heterocycles. The van der Waals surface area contributed by atoms with Crippen molar-refractivity contribution in [1.82, 2.24) is 15.0 Å². The highest BCUT2D eigenvalue weighted by molar-refractivity contribution is 6.36. The topological polar surface area (TPSA) is 156 Å². The number of nitrogen functional groups attached to an aromatic ring is 1. The highest BCUT2D eigenvalue weighted by Crippen LogP contribution is 2.31. The average molecular weight is 443 g/mol. The minimum absolute atomic E-state index is 0.217. The van der Waals surface area contributed by atoms with Crippen molar-refractivity contribution >= 4 is 52.7 Å². The van der Waals surface area contributed by atoms with Crippen molar-refractivity contribution in [2.24, 2.45) is 4.99 Å². The van der Waals surface area contributed by atoms with E-state index in [2.05, 4.69) is 25.3 Å². The van der Waals surface area contributed by atoms with E-state index in [-0.39, 0.29) is 35.4 Å². The Kier molecular flexibility index (Phi) is 6.36. The molecular formula is C18H12Cl2N8O2. The van der Waals surface area contributed by atoms with Gasteiger partial charge in [-0.15, -0.1) is 0 Å². The van der Waals surface area contributed by atoms with Crippen molar-refractivity contribution in [2.75, 3.05) is 17.6 Å². The van der Waals surface area contributed by atoms with Gasteiger partial charge in [-0.1, -0.05) is 23.2 Å². The molecule has 2 heterocycles. The van der Waals surface area contributed by atoms with Gasteiger partial charge in [0.25, 0.3) is 0 Å². The van der Waals surface area contributed by atoms with Crippen LogP contribution in [0.5, 0.6) is 0 Å². The van der Waals surface area contributed by atoms with E-state index in [1.165, 1.54) is 24.5 Å². The van der Waals surface area contributed by atoms with Crippen molar-refractivity contribution in [3.63, 3.8) is 0 Å². The summed E-state index contributed by atoms with van der Waals surface area (Å²) in [5.41, 5.74) is 6.40. The number of nitrogens with two attached hydrogens (primary N) is 1. The van der Waals surface area contributed by atoms with E-state index in [9.17, 15) is 15.4 Å². The predicted octanol–water partition coefficient (Wildman–Crippen LogP) is 4.02. The number of nitrogens with zero attached hydrogens (tertiary/aromatic N) is 6. The Morgan fingerprint density at radius 3 is 2.77 bits per heavy atom. The van der Waals surface area contributed by atoms with Crippen molar-refractivity contribution in [1.29, 1.82) is 5.26 Å². The summed E-state index contributed by atoms with van der Waals surface area (Å²) in [5, 5.41) is 23.8. The number of nitrogens with one attached hydrogen (secondary N) is 1. The molecule has 0 amide bonds. The summed E-state index contributed by atoms with van der Waals surface area (Å²) < 4.78 is 0. The predicted molar refractivity (Wildman–Crippen MR) is 114 cm³/mol. The molecule has 150 valence electrons. The Balaban J connectivity index is 1.75. The van der Waals surface area contributed by atoms with E-state index in [4.69, 9.17) is 28.9 Å². The second kappa shape index (κ2) is 9.13. The summed E-state index contributed by atoms with van der Waals surface area (Å²) in [6, 6.07) is 9.52. The Labute approximate surface area is 180 Å². The maximum Gasteiger partial charge on any atom is 0.311 e. The van der Waals surface area contributed by atoms with Crippen LogP contribution in [0.3, 0.4) is 0 Å². The number of pyridine rings is 1. The molecule has 0 unspecified atom stereocenters. The second-order valence-corrected chi connectivity index (χ2v) is 6.56. The molecule has 0 atom stereocenters. The lowest BCUT2D eigenvalue weighted by molar-refractivity contribution is -0.384. The Morgan fingerprint density at radius 1 is 1.30 bits per heavy atom. The van der Waals surface area contributed by atoms with Crippen LogP contribution in [0.2, 0.25) is 10.0 Å². The zero-order valence-corrected chi connectivity index (χ0v) is 16.6. The first-order valence-corrected chi connectivity index (χ1v) is 9.04. The molecule has 0 aliphatic carbocycles. The normalized spacial score (nSPS) is 10.7. The van der Waals surface area contributed by atoms with Crippen LogP contribution in [0.15, 0.2) is 41.5 Å². The second-order valence-electron chi connectivity index (χ2n) is 5.72. The summed E-state index contributed by atoms with van der Waals surface area (Å²) >= 11 is 12.2. The maximum atomic E-state index is 10.8. The van der Waals surface area contributed by atoms with E-state index in [1.807, 2.05) is 6.07 Å². The average Bonchev–Trinajstić information content (AvgIpc) is 2.71. The fourth-order valence-electron chi connectivity index (χ4n) is 2.39. The lowest BCUT2D eigenvalue weighted by Gasteiger charge is -2.08. The van der Waals surface area contributed by atoms with Gasteiger partial charge in [0, 0.05) is 22.9 Å². The molecule has 3 rings (SSSR count). The molecule has 0 saturated carbocycles. The third-order valence-corrected chi connectivity index (χ3v) is 4.30. The summed E-state index contributed by atoms with van der Waals surface area (Å²) in [6.45, 7) is 0.220. The number of halogens is 2. The van der Waals surface area contributed by atoms with Crippen LogP contribution in [0, 0.1) is 21.4 Å². The number of aromatic nitrogens is 3. The molecule has 1 aromatic carbocycles. The molecule has 0 fully saturated rings. The molecule has 30 heavy (non-hydrogen) atoms. The van der Waals surface area contributed by atoms with Gasteiger partial charge < -0.3 is 11.1 Å². The largest absolute Gasteiger partial charge is 0.378 e. The van der Waals surface area contributed by atoms with Gasteiger partial charge in [0.2, 0.25) is 11.8 Å². The highest BCUT2D eigenvalue weighted by atomic mass is 35.5. The molecule has 10 nitrogen and oxygen atoms in total. The third-order valence-electron chi connectivity index (χ3n) is 3.75. The summed E-state index contributed by atoms with van der Waals surface area (Å²) in [5.74, 6) is 0.245. The minimum atomic E-state index is -0.621. The Hall–Kier alpha value is -3.81. The monoisotopic (exact) mass is 442 g/mol. The number of aliphatic imine (C=N–C) groups is 1. The van der Waals surface area contributed by atoms with Gasteiger partial charge in [0.05, 0.1) is 33.9 Å². The molecule has 0 saturated heterocycles. The fourth-order valence-corrected chi connectivity index (χ4v) is 2.89. The van der Waals surface area contributed by atoms with Crippen LogP contribution in [-0.2, 0) is 0 Å². The van der Waals surface area contributed by atoms with Gasteiger partial charge in [-0.25, -0.2) is 19.9 Å². The first-order valence-electron chi connectivity index (χ1n) is 8.29. The molecule has 0 spiro atoms. The van der Waals surface area contributed by atoms with E-state index < -0.39 is 4.92 Å². The van der Waals surface area contributed by atoms with Crippen LogP contribution >= 0.6 is 23.2 Å². The number of hydrogen-bond donors (Lipinski definition) is 2. The van der Waals surface area contributed by atoms with Crippen molar-refractivity contribution in [3.8, 4) is 17.3 Å². The molecule has 0 radical (unpaired) electrons. The Morgan fingerprint density at radius 2 is 2.10 bits per heavy atom. The van der Waals surface area contributed by atoms with E-state index in [0.29, 0.717) is 21.3 Å². The Bertz CT molecular complexity index is 1190. The molecule has 3 aromatic rings. The smallest absolute Gasteiger partial charge is 0.311 e. The van der Waals surface area contributed by atoms with Crippen molar-refractivity contribution in [2.45, 2.75) is 0 Å². The van der Waals surface area contributed by atoms with Crippen LogP contribution in [0.1, 0.15) is 5.56 Å². The lowest BCUT2D eigenvalue weighted by Crippen LogP contribution is -2.07. The standard InChI is InChI=1S/C18H12Cl2N8O2/c19-11-1-2-12(13(20)7-11)16-10(8-21)9-25-18(27-16)24-6-5-23-15-4-3-14(28(29)30)17(22)26-15/h1-5,7,9H,6H2,(H2,22,26)(H,24,25,27).